The molecule has 3 aromatic rings. The van der Waals surface area contributed by atoms with E-state index in [1.807, 2.05) is 30.5 Å². The number of carbonyl (C=O) groups is 2. The molecule has 150 valence electrons. The topological polar surface area (TPSA) is 59.5 Å². The van der Waals surface area contributed by atoms with Crippen LogP contribution in [0.25, 0.3) is 0 Å². The molecule has 29 heavy (non-hydrogen) atoms. The summed E-state index contributed by atoms with van der Waals surface area (Å²) in [5.74, 6) is -0.707. The molecular formula is C23H24N2O3S. The van der Waals surface area contributed by atoms with Gasteiger partial charge in [-0.15, -0.1) is 11.3 Å². The van der Waals surface area contributed by atoms with Gasteiger partial charge in [0, 0.05) is 17.6 Å². The van der Waals surface area contributed by atoms with E-state index in [9.17, 15) is 9.59 Å². The number of aryl methyl sites for hydroxylation is 1. The molecule has 0 N–H and O–H groups in total. The van der Waals surface area contributed by atoms with Crippen molar-refractivity contribution in [3.8, 4) is 0 Å². The second-order valence-electron chi connectivity index (χ2n) is 6.77. The molecule has 0 bridgehead atoms. The van der Waals surface area contributed by atoms with Gasteiger partial charge in [-0.25, -0.2) is 9.78 Å². The molecule has 0 fully saturated rings. The fourth-order valence-electron chi connectivity index (χ4n) is 3.19. The Hall–Kier alpha value is -2.99. The summed E-state index contributed by atoms with van der Waals surface area (Å²) >= 11 is 1.51. The van der Waals surface area contributed by atoms with Crippen molar-refractivity contribution in [2.75, 3.05) is 7.11 Å². The van der Waals surface area contributed by atoms with Crippen molar-refractivity contribution >= 4 is 23.2 Å². The molecule has 6 heteroatoms. The van der Waals surface area contributed by atoms with E-state index < -0.39 is 5.97 Å². The first-order chi connectivity index (χ1) is 14.1. The molecule has 1 aromatic heterocycles. The molecule has 0 radical (unpaired) electrons. The van der Waals surface area contributed by atoms with Gasteiger partial charge >= 0.3 is 5.97 Å². The second kappa shape index (κ2) is 9.98. The van der Waals surface area contributed by atoms with Gasteiger partial charge < -0.3 is 9.64 Å². The Morgan fingerprint density at radius 2 is 1.76 bits per heavy atom. The summed E-state index contributed by atoms with van der Waals surface area (Å²) < 4.78 is 4.86. The highest BCUT2D eigenvalue weighted by Crippen LogP contribution is 2.20. The molecule has 0 aliphatic heterocycles. The van der Waals surface area contributed by atoms with Gasteiger partial charge in [0.25, 0.3) is 5.91 Å². The highest BCUT2D eigenvalue weighted by Gasteiger charge is 2.26. The number of esters is 1. The van der Waals surface area contributed by atoms with Crippen LogP contribution in [0.5, 0.6) is 0 Å². The number of thiazole rings is 1. The zero-order valence-corrected chi connectivity index (χ0v) is 17.4. The van der Waals surface area contributed by atoms with Gasteiger partial charge in [-0.3, -0.25) is 4.79 Å². The average Bonchev–Trinajstić information content (AvgIpc) is 3.29. The lowest BCUT2D eigenvalue weighted by Gasteiger charge is -2.29. The number of rotatable bonds is 8. The first-order valence-electron chi connectivity index (χ1n) is 9.50. The minimum Gasteiger partial charge on any atom is -0.465 e. The molecule has 2 aromatic carbocycles. The second-order valence-corrected chi connectivity index (χ2v) is 7.75. The Labute approximate surface area is 175 Å². The Balaban J connectivity index is 1.85. The Morgan fingerprint density at radius 3 is 2.41 bits per heavy atom. The van der Waals surface area contributed by atoms with Gasteiger partial charge in [-0.05, 0) is 37.5 Å². The van der Waals surface area contributed by atoms with E-state index in [1.165, 1.54) is 24.0 Å². The summed E-state index contributed by atoms with van der Waals surface area (Å²) in [7, 11) is 1.32. The van der Waals surface area contributed by atoms with Crippen LogP contribution in [0.4, 0.5) is 0 Å². The molecule has 0 spiro atoms. The van der Waals surface area contributed by atoms with Crippen LogP contribution in [0.15, 0.2) is 66.2 Å². The van der Waals surface area contributed by atoms with Crippen LogP contribution in [0, 0.1) is 0 Å². The first kappa shape index (κ1) is 20.7. The molecule has 1 heterocycles. The Morgan fingerprint density at radius 1 is 1.07 bits per heavy atom. The number of nitrogens with zero attached hydrogens (tertiary/aromatic N) is 2. The van der Waals surface area contributed by atoms with Gasteiger partial charge in [-0.2, -0.15) is 0 Å². The SMILES string of the molecule is COC(=O)c1ccccc1C(=O)N(Cc1nccs1)[C@@H](C)CCc1ccccc1. The van der Waals surface area contributed by atoms with Gasteiger partial charge in [0.05, 0.1) is 24.8 Å². The van der Waals surface area contributed by atoms with E-state index >= 15 is 0 Å². The highest BCUT2D eigenvalue weighted by molar-refractivity contribution is 7.09. The first-order valence-corrected chi connectivity index (χ1v) is 10.4. The molecule has 3 rings (SSSR count). The maximum Gasteiger partial charge on any atom is 0.338 e. The number of hydrogen-bond donors (Lipinski definition) is 0. The van der Waals surface area contributed by atoms with Crippen LogP contribution < -0.4 is 0 Å². The molecule has 1 amide bonds. The van der Waals surface area contributed by atoms with Crippen LogP contribution in [0.2, 0.25) is 0 Å². The lowest BCUT2D eigenvalue weighted by molar-refractivity contribution is 0.0579. The third kappa shape index (κ3) is 5.29. The Kier molecular flexibility index (Phi) is 7.14. The maximum absolute atomic E-state index is 13.5. The highest BCUT2D eigenvalue weighted by atomic mass is 32.1. The summed E-state index contributed by atoms with van der Waals surface area (Å²) in [4.78, 5) is 31.8. The fourth-order valence-corrected chi connectivity index (χ4v) is 3.81. The molecular weight excluding hydrogens is 384 g/mol. The zero-order chi connectivity index (χ0) is 20.6. The smallest absolute Gasteiger partial charge is 0.338 e. The molecule has 0 saturated heterocycles. The van der Waals surface area contributed by atoms with E-state index in [0.717, 1.165) is 17.8 Å². The summed E-state index contributed by atoms with van der Waals surface area (Å²) in [6.45, 7) is 2.44. The van der Waals surface area contributed by atoms with Crippen LogP contribution in [-0.4, -0.2) is 34.9 Å². The third-order valence-corrected chi connectivity index (χ3v) is 5.60. The largest absolute Gasteiger partial charge is 0.465 e. The minimum absolute atomic E-state index is 0.0303. The summed E-state index contributed by atoms with van der Waals surface area (Å²) in [5.41, 5.74) is 1.86. The Bertz CT molecular complexity index is 942. The van der Waals surface area contributed by atoms with Crippen molar-refractivity contribution in [3.05, 3.63) is 87.9 Å². The maximum atomic E-state index is 13.5. The number of methoxy groups -OCH3 is 1. The molecule has 0 saturated carbocycles. The lowest BCUT2D eigenvalue weighted by atomic mass is 10.0. The van der Waals surface area contributed by atoms with Crippen molar-refractivity contribution in [2.45, 2.75) is 32.4 Å². The van der Waals surface area contributed by atoms with Crippen molar-refractivity contribution in [3.63, 3.8) is 0 Å². The monoisotopic (exact) mass is 408 g/mol. The zero-order valence-electron chi connectivity index (χ0n) is 16.6. The van der Waals surface area contributed by atoms with Crippen molar-refractivity contribution in [1.29, 1.82) is 0 Å². The van der Waals surface area contributed by atoms with Crippen molar-refractivity contribution in [2.24, 2.45) is 0 Å². The summed E-state index contributed by atoms with van der Waals surface area (Å²) in [5, 5.41) is 2.76. The molecule has 0 unspecified atom stereocenters. The van der Waals surface area contributed by atoms with E-state index in [1.54, 1.807) is 35.4 Å². The molecule has 5 nitrogen and oxygen atoms in total. The number of amides is 1. The predicted octanol–water partition coefficient (Wildman–Crippen LogP) is 4.59. The van der Waals surface area contributed by atoms with Crippen LogP contribution in [0.1, 0.15) is 44.6 Å². The van der Waals surface area contributed by atoms with Gasteiger partial charge in [0.1, 0.15) is 5.01 Å². The predicted molar refractivity (Wildman–Crippen MR) is 114 cm³/mol. The van der Waals surface area contributed by atoms with E-state index in [0.29, 0.717) is 12.1 Å². The lowest BCUT2D eigenvalue weighted by Crippen LogP contribution is -2.39. The quantitative estimate of drug-likeness (QED) is 0.512. The van der Waals surface area contributed by atoms with Crippen molar-refractivity contribution < 1.29 is 14.3 Å². The van der Waals surface area contributed by atoms with Gasteiger partial charge in [0.2, 0.25) is 0 Å². The van der Waals surface area contributed by atoms with Gasteiger partial charge in [-0.1, -0.05) is 42.5 Å². The van der Waals surface area contributed by atoms with E-state index in [-0.39, 0.29) is 17.5 Å². The molecule has 0 aliphatic rings. The normalized spacial score (nSPS) is 11.7. The van der Waals surface area contributed by atoms with Crippen LogP contribution >= 0.6 is 11.3 Å². The standard InChI is InChI=1S/C23H24N2O3S/c1-17(12-13-18-8-4-3-5-9-18)25(16-21-24-14-15-29-21)22(26)19-10-6-7-11-20(19)23(27)28-2/h3-11,14-15,17H,12-13,16H2,1-2H3/t17-/m0/s1. The average molecular weight is 409 g/mol. The van der Waals surface area contributed by atoms with Crippen LogP contribution in [0.3, 0.4) is 0 Å². The third-order valence-electron chi connectivity index (χ3n) is 4.84. The van der Waals surface area contributed by atoms with E-state index in [4.69, 9.17) is 4.74 Å². The minimum atomic E-state index is -0.514. The summed E-state index contributed by atoms with van der Waals surface area (Å²) in [6.07, 6.45) is 3.41. The number of carbonyl (C=O) groups excluding carboxylic acids is 2. The number of benzene rings is 2. The molecule has 1 atom stereocenters. The number of aromatic nitrogens is 1. The van der Waals surface area contributed by atoms with Crippen molar-refractivity contribution in [1.82, 2.24) is 9.88 Å². The fraction of sp³-hybridized carbons (Fsp3) is 0.261. The van der Waals surface area contributed by atoms with Gasteiger partial charge in [0.15, 0.2) is 0 Å². The van der Waals surface area contributed by atoms with E-state index in [2.05, 4.69) is 17.1 Å². The summed E-state index contributed by atoms with van der Waals surface area (Å²) in [6, 6.07) is 17.0. The van der Waals surface area contributed by atoms with Crippen LogP contribution in [-0.2, 0) is 17.7 Å². The number of hydrogen-bond acceptors (Lipinski definition) is 5. The molecule has 0 aliphatic carbocycles. The number of ether oxygens (including phenoxy) is 1.